The molecule has 0 fully saturated rings. The third kappa shape index (κ3) is 5.69. The highest BCUT2D eigenvalue weighted by Gasteiger charge is 2.28. The lowest BCUT2D eigenvalue weighted by Gasteiger charge is -2.12. The maximum absolute atomic E-state index is 12.3. The van der Waals surface area contributed by atoms with Crippen LogP contribution < -0.4 is 10.1 Å². The van der Waals surface area contributed by atoms with Gasteiger partial charge < -0.3 is 15.2 Å². The quantitative estimate of drug-likeness (QED) is 0.582. The minimum atomic E-state index is -4.39. The van der Waals surface area contributed by atoms with E-state index in [1.807, 2.05) is 0 Å². The maximum atomic E-state index is 12.3. The summed E-state index contributed by atoms with van der Waals surface area (Å²) < 4.78 is 43.5. The number of hydrogen-bond donors (Lipinski definition) is 2. The minimum Gasteiger partial charge on any atom is -0.484 e. The molecule has 0 bridgehead atoms. The van der Waals surface area contributed by atoms with Crippen LogP contribution in [0.2, 0.25) is 0 Å². The summed E-state index contributed by atoms with van der Waals surface area (Å²) in [6.45, 7) is 0.781. The Morgan fingerprint density at radius 3 is 2.80 bits per heavy atom. The molecular formula is C20H21F3N4O3. The Morgan fingerprint density at radius 2 is 2.10 bits per heavy atom. The predicted octanol–water partition coefficient (Wildman–Crippen LogP) is 2.38. The molecule has 2 N–H and O–H groups in total. The van der Waals surface area contributed by atoms with Crippen molar-refractivity contribution < 1.29 is 27.8 Å². The number of aliphatic hydroxyl groups is 1. The summed E-state index contributed by atoms with van der Waals surface area (Å²) in [6.07, 6.45) is -0.972. The van der Waals surface area contributed by atoms with Gasteiger partial charge in [-0.05, 0) is 30.2 Å². The van der Waals surface area contributed by atoms with Crippen molar-refractivity contribution in [1.82, 2.24) is 20.1 Å². The first-order valence-corrected chi connectivity index (χ1v) is 9.23. The van der Waals surface area contributed by atoms with Crippen LogP contribution in [0.3, 0.4) is 0 Å². The zero-order chi connectivity index (χ0) is 21.7. The molecule has 2 heterocycles. The Labute approximate surface area is 170 Å². The zero-order valence-electron chi connectivity index (χ0n) is 16.2. The Morgan fingerprint density at radius 1 is 1.30 bits per heavy atom. The minimum absolute atomic E-state index is 0.0629. The standard InChI is InChI=1S/C20H21F3N4O3/c1-13-8-14(2-3-18(13)30-12-20(21,22)23)10-27-11-15-16(26-27)4-5-24-17(15)9-19(29)25-6-7-28/h2-5,8,11,28H,6-7,9-10,12H2,1H3,(H,25,29). The third-order valence-corrected chi connectivity index (χ3v) is 4.30. The number of amides is 1. The molecule has 1 amide bonds. The zero-order valence-corrected chi connectivity index (χ0v) is 16.2. The van der Waals surface area contributed by atoms with Crippen molar-refractivity contribution in [2.75, 3.05) is 19.8 Å². The van der Waals surface area contributed by atoms with Crippen LogP contribution >= 0.6 is 0 Å². The molecule has 10 heteroatoms. The summed E-state index contributed by atoms with van der Waals surface area (Å²) in [4.78, 5) is 16.2. The van der Waals surface area contributed by atoms with Crippen molar-refractivity contribution >= 4 is 16.8 Å². The molecule has 0 atom stereocenters. The van der Waals surface area contributed by atoms with E-state index in [9.17, 15) is 18.0 Å². The van der Waals surface area contributed by atoms with E-state index in [0.717, 1.165) is 10.9 Å². The van der Waals surface area contributed by atoms with Crippen molar-refractivity contribution in [3.05, 3.63) is 53.5 Å². The van der Waals surface area contributed by atoms with E-state index in [1.54, 1.807) is 42.2 Å². The Kier molecular flexibility index (Phi) is 6.56. The Hall–Kier alpha value is -3.14. The van der Waals surface area contributed by atoms with Gasteiger partial charge in [-0.25, -0.2) is 0 Å². The molecule has 0 radical (unpaired) electrons. The van der Waals surface area contributed by atoms with Gasteiger partial charge in [0.2, 0.25) is 5.91 Å². The van der Waals surface area contributed by atoms with Crippen LogP contribution in [0.4, 0.5) is 13.2 Å². The van der Waals surface area contributed by atoms with Gasteiger partial charge in [0.05, 0.1) is 30.8 Å². The number of nitrogens with zero attached hydrogens (tertiary/aromatic N) is 3. The van der Waals surface area contributed by atoms with Gasteiger partial charge in [0.1, 0.15) is 5.75 Å². The van der Waals surface area contributed by atoms with Crippen LogP contribution in [-0.4, -0.2) is 51.7 Å². The maximum Gasteiger partial charge on any atom is 0.422 e. The molecule has 160 valence electrons. The molecule has 3 aromatic rings. The first-order valence-electron chi connectivity index (χ1n) is 9.23. The van der Waals surface area contributed by atoms with E-state index in [0.29, 0.717) is 23.3 Å². The SMILES string of the molecule is Cc1cc(Cn2cc3c(CC(=O)NCCO)nccc3n2)ccc1OCC(F)(F)F. The molecule has 0 aliphatic carbocycles. The number of benzene rings is 1. The fourth-order valence-corrected chi connectivity index (χ4v) is 3.00. The van der Waals surface area contributed by atoms with Gasteiger partial charge in [-0.2, -0.15) is 18.3 Å². The fourth-order valence-electron chi connectivity index (χ4n) is 3.00. The first-order chi connectivity index (χ1) is 14.2. The number of halogens is 3. The van der Waals surface area contributed by atoms with Crippen molar-refractivity contribution in [2.24, 2.45) is 0 Å². The second-order valence-corrected chi connectivity index (χ2v) is 6.77. The first kappa shape index (κ1) is 21.6. The summed E-state index contributed by atoms with van der Waals surface area (Å²) in [6, 6.07) is 6.69. The van der Waals surface area contributed by atoms with Crippen molar-refractivity contribution in [2.45, 2.75) is 26.1 Å². The van der Waals surface area contributed by atoms with Crippen molar-refractivity contribution in [3.8, 4) is 5.75 Å². The molecule has 0 spiro atoms. The van der Waals surface area contributed by atoms with E-state index < -0.39 is 12.8 Å². The molecule has 0 unspecified atom stereocenters. The molecule has 7 nitrogen and oxygen atoms in total. The van der Waals surface area contributed by atoms with Crippen LogP contribution in [-0.2, 0) is 17.8 Å². The number of alkyl halides is 3. The Balaban J connectivity index is 1.74. The number of aliphatic hydroxyl groups excluding tert-OH is 1. The van der Waals surface area contributed by atoms with Crippen LogP contribution in [0.15, 0.2) is 36.7 Å². The molecule has 3 rings (SSSR count). The topological polar surface area (TPSA) is 89.3 Å². The van der Waals surface area contributed by atoms with E-state index >= 15 is 0 Å². The molecule has 30 heavy (non-hydrogen) atoms. The molecule has 0 saturated heterocycles. The van der Waals surface area contributed by atoms with Crippen molar-refractivity contribution in [3.63, 3.8) is 0 Å². The van der Waals surface area contributed by atoms with Gasteiger partial charge in [-0.15, -0.1) is 0 Å². The van der Waals surface area contributed by atoms with Gasteiger partial charge in [0.15, 0.2) is 6.61 Å². The lowest BCUT2D eigenvalue weighted by atomic mass is 10.1. The number of carbonyl (C=O) groups is 1. The number of pyridine rings is 1. The summed E-state index contributed by atoms with van der Waals surface area (Å²) in [7, 11) is 0. The number of aryl methyl sites for hydroxylation is 1. The highest BCUT2D eigenvalue weighted by atomic mass is 19.4. The highest BCUT2D eigenvalue weighted by molar-refractivity contribution is 5.86. The normalized spacial score (nSPS) is 11.6. The second-order valence-electron chi connectivity index (χ2n) is 6.77. The Bertz CT molecular complexity index is 1030. The number of hydrogen-bond acceptors (Lipinski definition) is 5. The van der Waals surface area contributed by atoms with E-state index in [4.69, 9.17) is 9.84 Å². The largest absolute Gasteiger partial charge is 0.484 e. The predicted molar refractivity (Wildman–Crippen MR) is 103 cm³/mol. The molecule has 0 aliphatic heterocycles. The molecule has 1 aromatic carbocycles. The van der Waals surface area contributed by atoms with E-state index in [1.165, 1.54) is 6.07 Å². The number of ether oxygens (including phenoxy) is 1. The lowest BCUT2D eigenvalue weighted by Crippen LogP contribution is -2.28. The van der Waals surface area contributed by atoms with E-state index in [2.05, 4.69) is 15.4 Å². The van der Waals surface area contributed by atoms with Crippen LogP contribution in [0.5, 0.6) is 5.75 Å². The summed E-state index contributed by atoms with van der Waals surface area (Å²) >= 11 is 0. The smallest absolute Gasteiger partial charge is 0.422 e. The van der Waals surface area contributed by atoms with Crippen LogP contribution in [0, 0.1) is 6.92 Å². The third-order valence-electron chi connectivity index (χ3n) is 4.30. The van der Waals surface area contributed by atoms with Gasteiger partial charge in [0.25, 0.3) is 0 Å². The number of nitrogens with one attached hydrogen (secondary N) is 1. The van der Waals surface area contributed by atoms with Gasteiger partial charge in [-0.1, -0.05) is 12.1 Å². The van der Waals surface area contributed by atoms with Gasteiger partial charge in [0, 0.05) is 24.3 Å². The number of fused-ring (bicyclic) bond motifs is 1. The highest BCUT2D eigenvalue weighted by Crippen LogP contribution is 2.24. The van der Waals surface area contributed by atoms with Crippen molar-refractivity contribution in [1.29, 1.82) is 0 Å². The number of carbonyl (C=O) groups excluding carboxylic acids is 1. The number of rotatable bonds is 8. The fraction of sp³-hybridized carbons (Fsp3) is 0.350. The summed E-state index contributed by atoms with van der Waals surface area (Å²) in [5.74, 6) is -0.0658. The summed E-state index contributed by atoms with van der Waals surface area (Å²) in [5, 5.41) is 16.6. The second kappa shape index (κ2) is 9.12. The average molecular weight is 422 g/mol. The van der Waals surface area contributed by atoms with Gasteiger partial charge in [-0.3, -0.25) is 14.5 Å². The summed E-state index contributed by atoms with van der Waals surface area (Å²) in [5.41, 5.74) is 2.68. The molecule has 0 saturated carbocycles. The van der Waals surface area contributed by atoms with E-state index in [-0.39, 0.29) is 31.2 Å². The van der Waals surface area contributed by atoms with Crippen LogP contribution in [0.25, 0.3) is 10.9 Å². The van der Waals surface area contributed by atoms with Crippen LogP contribution in [0.1, 0.15) is 16.8 Å². The number of aromatic nitrogens is 3. The average Bonchev–Trinajstić information content (AvgIpc) is 3.08. The monoisotopic (exact) mass is 422 g/mol. The molecule has 0 aliphatic rings. The molecule has 2 aromatic heterocycles. The van der Waals surface area contributed by atoms with Gasteiger partial charge >= 0.3 is 6.18 Å². The molecular weight excluding hydrogens is 401 g/mol. The lowest BCUT2D eigenvalue weighted by molar-refractivity contribution is -0.153.